The molecule has 0 aliphatic heterocycles. The van der Waals surface area contributed by atoms with Crippen LogP contribution in [0.15, 0.2) is 83.8 Å². The van der Waals surface area contributed by atoms with Gasteiger partial charge in [-0.15, -0.1) is 0 Å². The number of aromatic nitrogens is 1. The second kappa shape index (κ2) is 8.85. The molecule has 0 fully saturated rings. The van der Waals surface area contributed by atoms with Crippen LogP contribution in [0.1, 0.15) is 15.9 Å². The van der Waals surface area contributed by atoms with Crippen LogP contribution >= 0.6 is 0 Å². The molecule has 0 atom stereocenters. The van der Waals surface area contributed by atoms with E-state index in [1.807, 2.05) is 0 Å². The minimum Gasteiger partial charge on any atom is -0.497 e. The molecule has 0 saturated heterocycles. The highest BCUT2D eigenvalue weighted by Crippen LogP contribution is 2.17. The highest BCUT2D eigenvalue weighted by molar-refractivity contribution is 6.10. The predicted octanol–water partition coefficient (Wildman–Crippen LogP) is 4.02. The molecule has 4 rings (SSSR count). The van der Waals surface area contributed by atoms with Crippen molar-refractivity contribution < 1.29 is 18.7 Å². The Bertz CT molecular complexity index is 1360. The molecule has 0 bridgehead atoms. The van der Waals surface area contributed by atoms with E-state index in [4.69, 9.17) is 4.74 Å². The third-order valence-corrected chi connectivity index (χ3v) is 5.03. The number of nitrogens with zero attached hydrogens (tertiary/aromatic N) is 1. The van der Waals surface area contributed by atoms with E-state index in [2.05, 4.69) is 5.32 Å². The summed E-state index contributed by atoms with van der Waals surface area (Å²) < 4.78 is 19.9. The lowest BCUT2D eigenvalue weighted by molar-refractivity contribution is -0.116. The van der Waals surface area contributed by atoms with Gasteiger partial charge < -0.3 is 14.6 Å². The number of anilines is 1. The number of carbonyl (C=O) groups excluding carboxylic acids is 2. The van der Waals surface area contributed by atoms with Gasteiger partial charge in [0, 0.05) is 22.8 Å². The first-order chi connectivity index (χ1) is 15.5. The van der Waals surface area contributed by atoms with E-state index in [0.29, 0.717) is 22.3 Å². The smallest absolute Gasteiger partial charge is 0.244 e. The number of amides is 1. The van der Waals surface area contributed by atoms with Crippen LogP contribution in [0.5, 0.6) is 5.75 Å². The molecule has 1 heterocycles. The molecular weight excluding hydrogens is 411 g/mol. The number of pyridine rings is 1. The van der Waals surface area contributed by atoms with E-state index >= 15 is 0 Å². The molecule has 1 aromatic heterocycles. The summed E-state index contributed by atoms with van der Waals surface area (Å²) in [6, 6.07) is 18.6. The van der Waals surface area contributed by atoms with Gasteiger partial charge in [0.15, 0.2) is 5.78 Å². The standard InChI is InChI=1S/C25H19FN2O4/c1-32-19-12-10-18(11-13-19)27-23(29)15-28-14-21(24(30)16-6-8-17(26)9-7-16)25(31)20-4-2-3-5-22(20)28/h2-14H,15H2,1H3,(H,27,29). The van der Waals surface area contributed by atoms with Crippen molar-refractivity contribution in [2.45, 2.75) is 6.54 Å². The van der Waals surface area contributed by atoms with Gasteiger partial charge >= 0.3 is 0 Å². The summed E-state index contributed by atoms with van der Waals surface area (Å²) in [7, 11) is 1.56. The summed E-state index contributed by atoms with van der Waals surface area (Å²) >= 11 is 0. The van der Waals surface area contributed by atoms with E-state index in [9.17, 15) is 18.8 Å². The zero-order valence-corrected chi connectivity index (χ0v) is 17.2. The lowest BCUT2D eigenvalue weighted by atomic mass is 10.0. The van der Waals surface area contributed by atoms with Gasteiger partial charge in [-0.25, -0.2) is 4.39 Å². The van der Waals surface area contributed by atoms with Crippen LogP contribution in [0.25, 0.3) is 10.9 Å². The number of ether oxygens (including phenoxy) is 1. The molecule has 1 N–H and O–H groups in total. The van der Waals surface area contributed by atoms with Crippen molar-refractivity contribution in [3.05, 3.63) is 106 Å². The molecule has 6 nitrogen and oxygen atoms in total. The van der Waals surface area contributed by atoms with Crippen LogP contribution in [-0.4, -0.2) is 23.4 Å². The molecule has 1 amide bonds. The SMILES string of the molecule is COc1ccc(NC(=O)Cn2cc(C(=O)c3ccc(F)cc3)c(=O)c3ccccc32)cc1. The van der Waals surface area contributed by atoms with E-state index < -0.39 is 17.0 Å². The number of hydrogen-bond acceptors (Lipinski definition) is 4. The number of ketones is 1. The normalized spacial score (nSPS) is 10.7. The number of rotatable bonds is 6. The molecule has 0 aliphatic carbocycles. The average Bonchev–Trinajstić information content (AvgIpc) is 2.81. The fourth-order valence-corrected chi connectivity index (χ4v) is 3.42. The monoisotopic (exact) mass is 430 g/mol. The Morgan fingerprint density at radius 1 is 0.969 bits per heavy atom. The Morgan fingerprint density at radius 3 is 2.34 bits per heavy atom. The lowest BCUT2D eigenvalue weighted by Gasteiger charge is -2.13. The molecule has 7 heteroatoms. The topological polar surface area (TPSA) is 77.4 Å². The van der Waals surface area contributed by atoms with Crippen molar-refractivity contribution in [3.63, 3.8) is 0 Å². The first-order valence-corrected chi connectivity index (χ1v) is 9.82. The van der Waals surface area contributed by atoms with Gasteiger partial charge in [0.2, 0.25) is 11.3 Å². The predicted molar refractivity (Wildman–Crippen MR) is 120 cm³/mol. The molecule has 32 heavy (non-hydrogen) atoms. The number of fused-ring (bicyclic) bond motifs is 1. The molecule has 0 radical (unpaired) electrons. The quantitative estimate of drug-likeness (QED) is 0.469. The number of halogens is 1. The number of nitrogens with one attached hydrogen (secondary N) is 1. The lowest BCUT2D eigenvalue weighted by Crippen LogP contribution is -2.24. The van der Waals surface area contributed by atoms with Gasteiger partial charge in [-0.05, 0) is 60.7 Å². The molecule has 0 unspecified atom stereocenters. The summed E-state index contributed by atoms with van der Waals surface area (Å²) in [6.07, 6.45) is 1.38. The van der Waals surface area contributed by atoms with Gasteiger partial charge in [0.25, 0.3) is 0 Å². The van der Waals surface area contributed by atoms with Crippen LogP contribution in [0.2, 0.25) is 0 Å². The van der Waals surface area contributed by atoms with Crippen molar-refractivity contribution in [2.75, 3.05) is 12.4 Å². The van der Waals surface area contributed by atoms with Crippen LogP contribution < -0.4 is 15.5 Å². The van der Waals surface area contributed by atoms with Gasteiger partial charge in [-0.1, -0.05) is 12.1 Å². The maximum Gasteiger partial charge on any atom is 0.244 e. The maximum absolute atomic E-state index is 13.2. The van der Waals surface area contributed by atoms with Crippen molar-refractivity contribution in [1.29, 1.82) is 0 Å². The zero-order valence-electron chi connectivity index (χ0n) is 17.2. The van der Waals surface area contributed by atoms with Crippen LogP contribution in [0.3, 0.4) is 0 Å². The van der Waals surface area contributed by atoms with Gasteiger partial charge in [0.05, 0.1) is 18.2 Å². The average molecular weight is 430 g/mol. The molecule has 0 saturated carbocycles. The molecule has 0 aliphatic rings. The van der Waals surface area contributed by atoms with E-state index in [0.717, 1.165) is 12.1 Å². The highest BCUT2D eigenvalue weighted by atomic mass is 19.1. The summed E-state index contributed by atoms with van der Waals surface area (Å²) in [5.41, 5.74) is 0.768. The van der Waals surface area contributed by atoms with E-state index in [1.54, 1.807) is 60.2 Å². The Labute approximate surface area is 182 Å². The summed E-state index contributed by atoms with van der Waals surface area (Å²) in [6.45, 7) is -0.115. The van der Waals surface area contributed by atoms with Crippen molar-refractivity contribution in [2.24, 2.45) is 0 Å². The number of methoxy groups -OCH3 is 1. The van der Waals surface area contributed by atoms with E-state index in [1.165, 1.54) is 18.3 Å². The third kappa shape index (κ3) is 4.27. The molecule has 0 spiro atoms. The Balaban J connectivity index is 1.69. The molecule has 160 valence electrons. The maximum atomic E-state index is 13.2. The molecule has 4 aromatic rings. The summed E-state index contributed by atoms with van der Waals surface area (Å²) in [5.74, 6) is -0.680. The Hall–Kier alpha value is -4.26. The minimum absolute atomic E-state index is 0.0902. The summed E-state index contributed by atoms with van der Waals surface area (Å²) in [4.78, 5) is 38.6. The zero-order chi connectivity index (χ0) is 22.7. The van der Waals surface area contributed by atoms with Crippen LogP contribution in [0.4, 0.5) is 10.1 Å². The first-order valence-electron chi connectivity index (χ1n) is 9.82. The van der Waals surface area contributed by atoms with Crippen LogP contribution in [-0.2, 0) is 11.3 Å². The van der Waals surface area contributed by atoms with Gasteiger partial charge in [0.1, 0.15) is 18.1 Å². The number of para-hydroxylation sites is 1. The highest BCUT2D eigenvalue weighted by Gasteiger charge is 2.18. The fraction of sp³-hybridized carbons (Fsp3) is 0.0800. The third-order valence-electron chi connectivity index (χ3n) is 5.03. The summed E-state index contributed by atoms with van der Waals surface area (Å²) in [5, 5.41) is 3.10. The fourth-order valence-electron chi connectivity index (χ4n) is 3.42. The van der Waals surface area contributed by atoms with Crippen molar-refractivity contribution in [3.8, 4) is 5.75 Å². The Morgan fingerprint density at radius 2 is 1.66 bits per heavy atom. The minimum atomic E-state index is -0.537. The second-order valence-electron chi connectivity index (χ2n) is 7.13. The van der Waals surface area contributed by atoms with E-state index in [-0.39, 0.29) is 23.6 Å². The number of hydrogen-bond donors (Lipinski definition) is 1. The first kappa shape index (κ1) is 21.0. The Kier molecular flexibility index (Phi) is 5.81. The largest absolute Gasteiger partial charge is 0.497 e. The number of carbonyl (C=O) groups is 2. The molecule has 3 aromatic carbocycles. The van der Waals surface area contributed by atoms with Crippen molar-refractivity contribution in [1.82, 2.24) is 4.57 Å². The van der Waals surface area contributed by atoms with Gasteiger partial charge in [-0.2, -0.15) is 0 Å². The number of benzene rings is 3. The molecular formula is C25H19FN2O4. The van der Waals surface area contributed by atoms with Crippen molar-refractivity contribution >= 4 is 28.3 Å². The van der Waals surface area contributed by atoms with Crippen LogP contribution in [0, 0.1) is 5.82 Å². The van der Waals surface area contributed by atoms with Gasteiger partial charge in [-0.3, -0.25) is 14.4 Å². The second-order valence-corrected chi connectivity index (χ2v) is 7.13.